The molecule has 0 aliphatic heterocycles. The Morgan fingerprint density at radius 2 is 1.49 bits per heavy atom. The van der Waals surface area contributed by atoms with Gasteiger partial charge in [0.1, 0.15) is 6.61 Å². The van der Waals surface area contributed by atoms with E-state index in [9.17, 15) is 14.4 Å². The normalized spacial score (nSPS) is 17.7. The van der Waals surface area contributed by atoms with Crippen molar-refractivity contribution in [3.05, 3.63) is 95.1 Å². The van der Waals surface area contributed by atoms with Crippen LogP contribution < -0.4 is 10.6 Å². The van der Waals surface area contributed by atoms with Crippen molar-refractivity contribution in [2.24, 2.45) is 11.8 Å². The highest BCUT2D eigenvalue weighted by Crippen LogP contribution is 2.44. The quantitative estimate of drug-likeness (QED) is 0.458. The fourth-order valence-corrected chi connectivity index (χ4v) is 4.70. The minimum absolute atomic E-state index is 0.00682. The summed E-state index contributed by atoms with van der Waals surface area (Å²) in [6, 6.07) is 23.3. The van der Waals surface area contributed by atoms with E-state index in [4.69, 9.17) is 9.84 Å². The van der Waals surface area contributed by atoms with E-state index in [1.807, 2.05) is 24.3 Å². The van der Waals surface area contributed by atoms with Crippen LogP contribution in [0.2, 0.25) is 0 Å². The molecule has 2 aliphatic carbocycles. The van der Waals surface area contributed by atoms with Gasteiger partial charge in [0.15, 0.2) is 0 Å². The van der Waals surface area contributed by atoms with E-state index in [2.05, 4.69) is 34.9 Å². The molecule has 3 aromatic carbocycles. The zero-order valence-electron chi connectivity index (χ0n) is 19.1. The molecule has 0 radical (unpaired) electrons. The lowest BCUT2D eigenvalue weighted by atomic mass is 9.98. The SMILES string of the molecule is O=C(NCc1ccc(C(=O)NC[C@@H]2C[C@@H]2C(=O)O)cc1)OCC1c2ccccc2-c2ccccc21. The van der Waals surface area contributed by atoms with Gasteiger partial charge in [-0.1, -0.05) is 60.7 Å². The average molecular weight is 471 g/mol. The highest BCUT2D eigenvalue weighted by Gasteiger charge is 2.43. The number of alkyl carbamates (subject to hydrolysis) is 1. The van der Waals surface area contributed by atoms with Crippen LogP contribution in [0.25, 0.3) is 11.1 Å². The molecule has 0 aromatic heterocycles. The Hall–Kier alpha value is -4.13. The second-order valence-corrected chi connectivity index (χ2v) is 9.03. The molecule has 0 heterocycles. The number of carbonyl (C=O) groups excluding carboxylic acids is 2. The predicted molar refractivity (Wildman–Crippen MR) is 130 cm³/mol. The molecule has 2 aliphatic rings. The third-order valence-electron chi connectivity index (χ3n) is 6.76. The summed E-state index contributed by atoms with van der Waals surface area (Å²) >= 11 is 0. The maximum absolute atomic E-state index is 12.4. The van der Waals surface area contributed by atoms with Gasteiger partial charge in [-0.15, -0.1) is 0 Å². The van der Waals surface area contributed by atoms with Crippen LogP contribution in [-0.2, 0) is 16.1 Å². The van der Waals surface area contributed by atoms with Gasteiger partial charge in [-0.3, -0.25) is 9.59 Å². The van der Waals surface area contributed by atoms with E-state index in [0.29, 0.717) is 18.5 Å². The van der Waals surface area contributed by atoms with Crippen LogP contribution in [-0.4, -0.2) is 36.2 Å². The largest absolute Gasteiger partial charge is 0.481 e. The second-order valence-electron chi connectivity index (χ2n) is 9.03. The smallest absolute Gasteiger partial charge is 0.407 e. The average Bonchev–Trinajstić information content (AvgIpc) is 3.60. The van der Waals surface area contributed by atoms with Gasteiger partial charge < -0.3 is 20.5 Å². The van der Waals surface area contributed by atoms with Crippen molar-refractivity contribution in [1.29, 1.82) is 0 Å². The van der Waals surface area contributed by atoms with Gasteiger partial charge in [-0.2, -0.15) is 0 Å². The van der Waals surface area contributed by atoms with E-state index in [-0.39, 0.29) is 36.8 Å². The first-order valence-corrected chi connectivity index (χ1v) is 11.7. The van der Waals surface area contributed by atoms with Gasteiger partial charge >= 0.3 is 12.1 Å². The second kappa shape index (κ2) is 9.62. The Morgan fingerprint density at radius 3 is 2.09 bits per heavy atom. The number of nitrogens with one attached hydrogen (secondary N) is 2. The van der Waals surface area contributed by atoms with Crippen LogP contribution in [0.5, 0.6) is 0 Å². The maximum Gasteiger partial charge on any atom is 0.407 e. The summed E-state index contributed by atoms with van der Waals surface area (Å²) in [6.07, 6.45) is 0.113. The first kappa shape index (κ1) is 22.7. The molecule has 178 valence electrons. The lowest BCUT2D eigenvalue weighted by molar-refractivity contribution is -0.138. The lowest BCUT2D eigenvalue weighted by Gasteiger charge is -2.14. The molecule has 5 rings (SSSR count). The molecule has 3 aromatic rings. The van der Waals surface area contributed by atoms with E-state index in [1.54, 1.807) is 24.3 Å². The standard InChI is InChI=1S/C28H26N2O5/c31-26(29-15-19-13-24(19)27(32)33)18-11-9-17(10-12-18)14-30-28(34)35-16-25-22-7-3-1-5-20(22)21-6-2-4-8-23(21)25/h1-12,19,24-25H,13-16H2,(H,29,31)(H,30,34)(H,32,33)/t19-,24-/m0/s1. The molecule has 1 saturated carbocycles. The Balaban J connectivity index is 1.10. The van der Waals surface area contributed by atoms with Gasteiger partial charge in [-0.25, -0.2) is 4.79 Å². The van der Waals surface area contributed by atoms with Crippen molar-refractivity contribution in [2.45, 2.75) is 18.9 Å². The molecule has 1 fully saturated rings. The van der Waals surface area contributed by atoms with Crippen LogP contribution in [0.4, 0.5) is 4.79 Å². The molecular weight excluding hydrogens is 444 g/mol. The van der Waals surface area contributed by atoms with Crippen LogP contribution in [0, 0.1) is 11.8 Å². The van der Waals surface area contributed by atoms with Gasteiger partial charge in [0.2, 0.25) is 0 Å². The molecule has 2 atom stereocenters. The molecule has 7 nitrogen and oxygen atoms in total. The fraction of sp³-hybridized carbons (Fsp3) is 0.250. The third-order valence-corrected chi connectivity index (χ3v) is 6.76. The lowest BCUT2D eigenvalue weighted by Crippen LogP contribution is -2.27. The summed E-state index contributed by atoms with van der Waals surface area (Å²) in [4.78, 5) is 35.5. The number of rotatable bonds is 8. The molecule has 0 bridgehead atoms. The van der Waals surface area contributed by atoms with Gasteiger partial charge in [0.05, 0.1) is 5.92 Å². The molecule has 0 unspecified atom stereocenters. The Morgan fingerprint density at radius 1 is 0.857 bits per heavy atom. The molecule has 7 heteroatoms. The molecule has 3 N–H and O–H groups in total. The van der Waals surface area contributed by atoms with Crippen molar-refractivity contribution in [2.75, 3.05) is 13.2 Å². The van der Waals surface area contributed by atoms with Crippen molar-refractivity contribution >= 4 is 18.0 Å². The van der Waals surface area contributed by atoms with Crippen molar-refractivity contribution in [3.63, 3.8) is 0 Å². The molecular formula is C28H26N2O5. The van der Waals surface area contributed by atoms with E-state index in [1.165, 1.54) is 11.1 Å². The van der Waals surface area contributed by atoms with Gasteiger partial charge in [0, 0.05) is 24.6 Å². The number of aliphatic carboxylic acids is 1. The Labute approximate surface area is 203 Å². The topological polar surface area (TPSA) is 105 Å². The number of carbonyl (C=O) groups is 3. The summed E-state index contributed by atoms with van der Waals surface area (Å²) in [5, 5.41) is 14.5. The van der Waals surface area contributed by atoms with E-state index in [0.717, 1.165) is 16.7 Å². The van der Waals surface area contributed by atoms with Crippen molar-refractivity contribution < 1.29 is 24.2 Å². The third kappa shape index (κ3) is 4.89. The summed E-state index contributed by atoms with van der Waals surface area (Å²) in [6.45, 7) is 0.893. The summed E-state index contributed by atoms with van der Waals surface area (Å²) in [5.41, 5.74) is 6.01. The molecule has 2 amide bonds. The maximum atomic E-state index is 12.4. The van der Waals surface area contributed by atoms with Gasteiger partial charge in [0.25, 0.3) is 5.91 Å². The minimum atomic E-state index is -0.808. The Bertz CT molecular complexity index is 1220. The predicted octanol–water partition coefficient (Wildman–Crippen LogP) is 4.18. The first-order chi connectivity index (χ1) is 17.0. The number of amides is 2. The monoisotopic (exact) mass is 470 g/mol. The number of fused-ring (bicyclic) bond motifs is 3. The highest BCUT2D eigenvalue weighted by molar-refractivity contribution is 5.94. The number of hydrogen-bond acceptors (Lipinski definition) is 4. The number of carboxylic acids is 1. The van der Waals surface area contributed by atoms with Crippen LogP contribution in [0.1, 0.15) is 39.4 Å². The first-order valence-electron chi connectivity index (χ1n) is 11.7. The van der Waals surface area contributed by atoms with Crippen LogP contribution in [0.15, 0.2) is 72.8 Å². The highest BCUT2D eigenvalue weighted by atomic mass is 16.5. The number of benzene rings is 3. The van der Waals surface area contributed by atoms with E-state index >= 15 is 0 Å². The zero-order valence-corrected chi connectivity index (χ0v) is 19.1. The van der Waals surface area contributed by atoms with Gasteiger partial charge in [-0.05, 0) is 52.3 Å². The molecule has 35 heavy (non-hydrogen) atoms. The van der Waals surface area contributed by atoms with Crippen LogP contribution >= 0.6 is 0 Å². The minimum Gasteiger partial charge on any atom is -0.481 e. The Kier molecular flexibility index (Phi) is 6.23. The fourth-order valence-electron chi connectivity index (χ4n) is 4.70. The summed E-state index contributed by atoms with van der Waals surface area (Å²) in [7, 11) is 0. The van der Waals surface area contributed by atoms with Crippen molar-refractivity contribution in [3.8, 4) is 11.1 Å². The summed E-state index contributed by atoms with van der Waals surface area (Å²) < 4.78 is 5.55. The summed E-state index contributed by atoms with van der Waals surface area (Å²) in [5.74, 6) is -1.37. The van der Waals surface area contributed by atoms with Crippen LogP contribution in [0.3, 0.4) is 0 Å². The molecule has 0 saturated heterocycles. The van der Waals surface area contributed by atoms with Crippen molar-refractivity contribution in [1.82, 2.24) is 10.6 Å². The molecule has 0 spiro atoms. The number of ether oxygens (including phenoxy) is 1. The van der Waals surface area contributed by atoms with E-state index < -0.39 is 12.1 Å². The number of hydrogen-bond donors (Lipinski definition) is 3. The zero-order chi connectivity index (χ0) is 24.4. The number of carboxylic acid groups (broad SMARTS) is 1.